The lowest BCUT2D eigenvalue weighted by Gasteiger charge is -2.14. The molecule has 0 saturated heterocycles. The molecule has 2 rings (SSSR count). The van der Waals surface area contributed by atoms with E-state index in [1.807, 2.05) is 6.92 Å². The highest BCUT2D eigenvalue weighted by Crippen LogP contribution is 2.23. The van der Waals surface area contributed by atoms with Crippen molar-refractivity contribution in [2.75, 3.05) is 5.84 Å². The van der Waals surface area contributed by atoms with Gasteiger partial charge < -0.3 is 4.55 Å². The van der Waals surface area contributed by atoms with Gasteiger partial charge in [0.05, 0.1) is 4.90 Å². The summed E-state index contributed by atoms with van der Waals surface area (Å²) in [4.78, 5) is -0.0851. The molecule has 1 aromatic carbocycles. The third kappa shape index (κ3) is 5.12. The fourth-order valence-electron chi connectivity index (χ4n) is 2.25. The van der Waals surface area contributed by atoms with Crippen LogP contribution >= 0.6 is 11.6 Å². The first-order chi connectivity index (χ1) is 10.9. The zero-order valence-electron chi connectivity index (χ0n) is 13.3. The second kappa shape index (κ2) is 7.87. The van der Waals surface area contributed by atoms with Gasteiger partial charge in [0.25, 0.3) is 6.43 Å². The molecule has 5 nitrogen and oxygen atoms in total. The minimum Gasteiger partial charge on any atom is -0.744 e. The monoisotopic (exact) mass is 378 g/mol. The van der Waals surface area contributed by atoms with E-state index in [2.05, 4.69) is 0 Å². The molecule has 0 bridgehead atoms. The van der Waals surface area contributed by atoms with Crippen molar-refractivity contribution in [3.05, 3.63) is 57.9 Å². The van der Waals surface area contributed by atoms with Gasteiger partial charge in [-0.05, 0) is 49.6 Å². The lowest BCUT2D eigenvalue weighted by Crippen LogP contribution is -2.45. The zero-order chi connectivity index (χ0) is 18.7. The number of nitrogens with two attached hydrogens (primary N) is 1. The van der Waals surface area contributed by atoms with E-state index in [4.69, 9.17) is 17.4 Å². The van der Waals surface area contributed by atoms with Crippen molar-refractivity contribution in [3.63, 3.8) is 0 Å². The highest BCUT2D eigenvalue weighted by molar-refractivity contribution is 7.85. The normalized spacial score (nSPS) is 11.2. The molecule has 9 heteroatoms. The third-order valence-electron chi connectivity index (χ3n) is 3.08. The third-order valence-corrected chi connectivity index (χ3v) is 4.63. The molecule has 0 aliphatic heterocycles. The minimum absolute atomic E-state index is 0.0851. The predicted molar refractivity (Wildman–Crippen MR) is 85.4 cm³/mol. The Morgan fingerprint density at radius 3 is 2.08 bits per heavy atom. The van der Waals surface area contributed by atoms with Gasteiger partial charge in [-0.3, -0.25) is 0 Å². The second-order valence-corrected chi connectivity index (χ2v) is 6.82. The van der Waals surface area contributed by atoms with E-state index in [1.54, 1.807) is 26.0 Å². The van der Waals surface area contributed by atoms with E-state index in [9.17, 15) is 21.8 Å². The highest BCUT2D eigenvalue weighted by Gasteiger charge is 2.19. The summed E-state index contributed by atoms with van der Waals surface area (Å²) in [6, 6.07) is 6.03. The molecule has 2 aromatic rings. The Morgan fingerprint density at radius 1 is 1.21 bits per heavy atom. The van der Waals surface area contributed by atoms with Crippen molar-refractivity contribution in [2.24, 2.45) is 0 Å². The Bertz CT molecular complexity index is 820. The largest absolute Gasteiger partial charge is 0.744 e. The molecule has 0 aliphatic carbocycles. The van der Waals surface area contributed by atoms with E-state index in [0.29, 0.717) is 11.1 Å². The summed E-state index contributed by atoms with van der Waals surface area (Å²) in [5.74, 6) is 5.21. The molecular formula is C15H17ClF2N2O3S. The SMILES string of the molecule is Cc1cc(C)c(S(=O)(=O)[O-])c(C)c1.N[n+]1cccc(C(F)F)c1Cl. The molecule has 1 heterocycles. The van der Waals surface area contributed by atoms with Crippen LogP contribution in [0.4, 0.5) is 8.78 Å². The molecule has 132 valence electrons. The average molecular weight is 379 g/mol. The van der Waals surface area contributed by atoms with Crippen molar-refractivity contribution in [1.82, 2.24) is 0 Å². The van der Waals surface area contributed by atoms with Crippen molar-refractivity contribution in [1.29, 1.82) is 0 Å². The Morgan fingerprint density at radius 2 is 1.71 bits per heavy atom. The number of nitrogen functional groups attached to an aromatic ring is 1. The molecule has 0 amide bonds. The van der Waals surface area contributed by atoms with Crippen LogP contribution in [0.2, 0.25) is 5.15 Å². The van der Waals surface area contributed by atoms with Crippen LogP contribution in [-0.2, 0) is 10.1 Å². The molecule has 0 fully saturated rings. The first-order valence-corrected chi connectivity index (χ1v) is 8.50. The minimum atomic E-state index is -4.33. The van der Waals surface area contributed by atoms with Gasteiger partial charge in [0, 0.05) is 6.07 Å². The van der Waals surface area contributed by atoms with Crippen LogP contribution < -0.4 is 10.5 Å². The Hall–Kier alpha value is -1.77. The van der Waals surface area contributed by atoms with Gasteiger partial charge in [0.2, 0.25) is 6.20 Å². The number of nitrogens with zero attached hydrogens (tertiary/aromatic N) is 1. The molecule has 0 radical (unpaired) electrons. The van der Waals surface area contributed by atoms with Crippen LogP contribution in [0, 0.1) is 20.8 Å². The van der Waals surface area contributed by atoms with Crippen molar-refractivity contribution in [3.8, 4) is 0 Å². The maximum absolute atomic E-state index is 12.1. The van der Waals surface area contributed by atoms with Crippen molar-refractivity contribution in [2.45, 2.75) is 32.1 Å². The zero-order valence-corrected chi connectivity index (χ0v) is 14.8. The Balaban J connectivity index is 0.000000243. The van der Waals surface area contributed by atoms with E-state index in [-0.39, 0.29) is 15.6 Å². The highest BCUT2D eigenvalue weighted by atomic mass is 35.5. The van der Waals surface area contributed by atoms with E-state index >= 15 is 0 Å². The Labute approximate surface area is 144 Å². The molecule has 0 spiro atoms. The summed E-state index contributed by atoms with van der Waals surface area (Å²) >= 11 is 5.45. The molecule has 2 N–H and O–H groups in total. The lowest BCUT2D eigenvalue weighted by atomic mass is 10.1. The van der Waals surface area contributed by atoms with Gasteiger partial charge in [-0.15, -0.1) is 0 Å². The van der Waals surface area contributed by atoms with Gasteiger partial charge in [0.1, 0.15) is 15.7 Å². The topological polar surface area (TPSA) is 87.1 Å². The first-order valence-electron chi connectivity index (χ1n) is 6.72. The molecule has 24 heavy (non-hydrogen) atoms. The number of benzene rings is 1. The van der Waals surface area contributed by atoms with Gasteiger partial charge in [0.15, 0.2) is 0 Å². The molecule has 0 atom stereocenters. The van der Waals surface area contributed by atoms with E-state index < -0.39 is 16.5 Å². The number of hydrogen-bond donors (Lipinski definition) is 1. The molecule has 0 aliphatic rings. The summed E-state index contributed by atoms with van der Waals surface area (Å²) in [7, 11) is -4.33. The van der Waals surface area contributed by atoms with Crippen LogP contribution in [0.1, 0.15) is 28.7 Å². The maximum atomic E-state index is 12.1. The number of hydrogen-bond acceptors (Lipinski definition) is 4. The number of halogens is 3. The summed E-state index contributed by atoms with van der Waals surface area (Å²) in [6.07, 6.45) is -1.19. The summed E-state index contributed by atoms with van der Waals surface area (Å²) < 4.78 is 57.5. The average Bonchev–Trinajstić information content (AvgIpc) is 2.39. The molecule has 0 unspecified atom stereocenters. The number of rotatable bonds is 2. The first kappa shape index (κ1) is 20.3. The molecular weight excluding hydrogens is 362 g/mol. The quantitative estimate of drug-likeness (QED) is 0.377. The van der Waals surface area contributed by atoms with Gasteiger partial charge >= 0.3 is 5.15 Å². The van der Waals surface area contributed by atoms with Crippen LogP contribution in [0.5, 0.6) is 0 Å². The van der Waals surface area contributed by atoms with Crippen molar-refractivity contribution >= 4 is 21.7 Å². The van der Waals surface area contributed by atoms with Gasteiger partial charge in [-0.2, -0.15) is 0 Å². The maximum Gasteiger partial charge on any atom is 0.312 e. The number of alkyl halides is 2. The van der Waals surface area contributed by atoms with Crippen LogP contribution in [-0.4, -0.2) is 13.0 Å². The van der Waals surface area contributed by atoms with E-state index in [0.717, 1.165) is 10.2 Å². The summed E-state index contributed by atoms with van der Waals surface area (Å²) in [5, 5.41) is -0.137. The molecule has 0 saturated carbocycles. The summed E-state index contributed by atoms with van der Waals surface area (Å²) in [5.41, 5.74) is 1.75. The van der Waals surface area contributed by atoms with E-state index in [1.165, 1.54) is 18.3 Å². The van der Waals surface area contributed by atoms with Crippen molar-refractivity contribution < 1.29 is 26.4 Å². The van der Waals surface area contributed by atoms with Gasteiger partial charge in [-0.25, -0.2) is 23.0 Å². The fraction of sp³-hybridized carbons (Fsp3) is 0.267. The predicted octanol–water partition coefficient (Wildman–Crippen LogP) is 2.79. The van der Waals surface area contributed by atoms with Crippen LogP contribution in [0.3, 0.4) is 0 Å². The van der Waals surface area contributed by atoms with Gasteiger partial charge in [-0.1, -0.05) is 22.4 Å². The lowest BCUT2D eigenvalue weighted by molar-refractivity contribution is -0.637. The second-order valence-electron chi connectivity index (χ2n) is 5.14. The smallest absolute Gasteiger partial charge is 0.312 e. The Kier molecular flexibility index (Phi) is 6.65. The number of pyridine rings is 1. The fourth-order valence-corrected chi connectivity index (χ4v) is 3.35. The van der Waals surface area contributed by atoms with Crippen LogP contribution in [0.15, 0.2) is 35.4 Å². The van der Waals surface area contributed by atoms with Crippen LogP contribution in [0.25, 0.3) is 0 Å². The number of aryl methyl sites for hydroxylation is 3. The number of aromatic nitrogens is 1. The standard InChI is InChI=1S/C9H12O3S.C6H6ClF2N2/c1-6-4-7(2)9(8(3)5-6)13(10,11)12;7-5-4(6(8)9)2-1-3-11(5)10/h4-5H,1-3H3,(H,10,11,12);1-3,6H,10H2/q;+1/p-1. The molecule has 1 aromatic heterocycles. The summed E-state index contributed by atoms with van der Waals surface area (Å²) in [6.45, 7) is 5.12.